The predicted molar refractivity (Wildman–Crippen MR) is 66.3 cm³/mol. The lowest BCUT2D eigenvalue weighted by atomic mass is 10.0. The van der Waals surface area contributed by atoms with Crippen LogP contribution in [0.1, 0.15) is 30.4 Å². The third kappa shape index (κ3) is 2.19. The molecule has 0 unspecified atom stereocenters. The number of nitrogens with zero attached hydrogens (tertiary/aromatic N) is 1. The van der Waals surface area contributed by atoms with Gasteiger partial charge in [0.05, 0.1) is 6.07 Å². The van der Waals surface area contributed by atoms with Gasteiger partial charge in [0.2, 0.25) is 0 Å². The zero-order chi connectivity index (χ0) is 11.6. The van der Waals surface area contributed by atoms with E-state index in [9.17, 15) is 0 Å². The summed E-state index contributed by atoms with van der Waals surface area (Å²) in [4.78, 5) is 0. The summed E-state index contributed by atoms with van der Waals surface area (Å²) >= 11 is 0. The second-order valence-corrected chi connectivity index (χ2v) is 4.96. The van der Waals surface area contributed by atoms with E-state index in [1.807, 2.05) is 0 Å². The Morgan fingerprint density at radius 1 is 1.31 bits per heavy atom. The summed E-state index contributed by atoms with van der Waals surface area (Å²) < 4.78 is 0. The van der Waals surface area contributed by atoms with Gasteiger partial charge in [-0.1, -0.05) is 18.2 Å². The first kappa shape index (κ1) is 11.0. The first-order valence-electron chi connectivity index (χ1n) is 5.84. The van der Waals surface area contributed by atoms with Crippen molar-refractivity contribution in [1.29, 1.82) is 5.26 Å². The monoisotopic (exact) mass is 214 g/mol. The Bertz CT molecular complexity index is 405. The molecule has 84 valence electrons. The van der Waals surface area contributed by atoms with Gasteiger partial charge < -0.3 is 5.32 Å². The summed E-state index contributed by atoms with van der Waals surface area (Å²) in [5.41, 5.74) is 4.08. The third-order valence-electron chi connectivity index (χ3n) is 3.53. The average molecular weight is 214 g/mol. The molecule has 0 aliphatic heterocycles. The Morgan fingerprint density at radius 2 is 1.94 bits per heavy atom. The molecule has 1 aromatic carbocycles. The molecule has 1 aliphatic rings. The van der Waals surface area contributed by atoms with Gasteiger partial charge in [-0.15, -0.1) is 0 Å². The maximum absolute atomic E-state index is 8.77. The van der Waals surface area contributed by atoms with E-state index in [0.29, 0.717) is 6.42 Å². The minimum absolute atomic E-state index is 0.267. The van der Waals surface area contributed by atoms with Crippen molar-refractivity contribution in [2.24, 2.45) is 5.41 Å². The van der Waals surface area contributed by atoms with Crippen molar-refractivity contribution in [3.05, 3.63) is 29.3 Å². The zero-order valence-corrected chi connectivity index (χ0v) is 10.0. The van der Waals surface area contributed by atoms with Crippen LogP contribution < -0.4 is 5.32 Å². The first-order valence-corrected chi connectivity index (χ1v) is 5.84. The molecule has 1 aromatic rings. The molecule has 1 aliphatic carbocycles. The smallest absolute Gasteiger partial charge is 0.0628 e. The van der Waals surface area contributed by atoms with Crippen molar-refractivity contribution < 1.29 is 0 Å². The van der Waals surface area contributed by atoms with Gasteiger partial charge in [0.15, 0.2) is 0 Å². The maximum atomic E-state index is 8.77. The highest BCUT2D eigenvalue weighted by Crippen LogP contribution is 2.48. The fraction of sp³-hybridized carbons (Fsp3) is 0.500. The van der Waals surface area contributed by atoms with Gasteiger partial charge in [-0.3, -0.25) is 0 Å². The second-order valence-electron chi connectivity index (χ2n) is 4.96. The van der Waals surface area contributed by atoms with E-state index in [-0.39, 0.29) is 5.41 Å². The number of hydrogen-bond donors (Lipinski definition) is 1. The number of nitrogens with one attached hydrogen (secondary N) is 1. The molecule has 0 radical (unpaired) electrons. The summed E-state index contributed by atoms with van der Waals surface area (Å²) in [6.07, 6.45) is 3.07. The van der Waals surface area contributed by atoms with Crippen LogP contribution >= 0.6 is 0 Å². The van der Waals surface area contributed by atoms with E-state index in [1.54, 1.807) is 0 Å². The van der Waals surface area contributed by atoms with E-state index >= 15 is 0 Å². The summed E-state index contributed by atoms with van der Waals surface area (Å²) in [6.45, 7) is 5.19. The van der Waals surface area contributed by atoms with Crippen LogP contribution in [-0.4, -0.2) is 6.54 Å². The lowest BCUT2D eigenvalue weighted by Gasteiger charge is -2.17. The third-order valence-corrected chi connectivity index (χ3v) is 3.53. The van der Waals surface area contributed by atoms with Gasteiger partial charge in [0, 0.05) is 24.1 Å². The van der Waals surface area contributed by atoms with Crippen LogP contribution in [0.5, 0.6) is 0 Å². The van der Waals surface area contributed by atoms with Crippen LogP contribution in [0.25, 0.3) is 0 Å². The minimum atomic E-state index is 0.267. The Balaban J connectivity index is 2.03. The highest BCUT2D eigenvalue weighted by Gasteiger charge is 2.42. The first-order chi connectivity index (χ1) is 7.67. The summed E-state index contributed by atoms with van der Waals surface area (Å²) in [5, 5.41) is 12.3. The number of para-hydroxylation sites is 1. The molecule has 0 saturated heterocycles. The minimum Gasteiger partial charge on any atom is -0.384 e. The van der Waals surface area contributed by atoms with Crippen molar-refractivity contribution in [3.63, 3.8) is 0 Å². The molecule has 0 heterocycles. The van der Waals surface area contributed by atoms with Gasteiger partial charge in [0.25, 0.3) is 0 Å². The van der Waals surface area contributed by atoms with Gasteiger partial charge in [0.1, 0.15) is 0 Å². The Kier molecular flexibility index (Phi) is 2.87. The molecule has 2 heteroatoms. The number of rotatable bonds is 4. The largest absolute Gasteiger partial charge is 0.384 e. The van der Waals surface area contributed by atoms with Crippen LogP contribution in [-0.2, 0) is 0 Å². The standard InChI is InChI=1S/C14H18N2/c1-11-4-3-5-12(2)13(11)16-10-14(6-7-14)8-9-15/h3-5,16H,6-8,10H2,1-2H3. The fourth-order valence-electron chi connectivity index (χ4n) is 2.13. The number of aryl methyl sites for hydroxylation is 2. The van der Waals surface area contributed by atoms with Crippen LogP contribution in [0.4, 0.5) is 5.69 Å². The van der Waals surface area contributed by atoms with Crippen molar-refractivity contribution >= 4 is 5.69 Å². The molecule has 0 amide bonds. The van der Waals surface area contributed by atoms with Gasteiger partial charge in [-0.2, -0.15) is 5.26 Å². The SMILES string of the molecule is Cc1cccc(C)c1NCC1(CC#N)CC1. The molecule has 2 rings (SSSR count). The molecular formula is C14H18N2. The lowest BCUT2D eigenvalue weighted by molar-refractivity contribution is 0.557. The Hall–Kier alpha value is -1.49. The molecule has 1 saturated carbocycles. The van der Waals surface area contributed by atoms with E-state index in [0.717, 1.165) is 6.54 Å². The number of nitriles is 1. The summed E-state index contributed by atoms with van der Waals surface area (Å²) in [7, 11) is 0. The maximum Gasteiger partial charge on any atom is 0.0628 e. The van der Waals surface area contributed by atoms with Crippen LogP contribution in [0.15, 0.2) is 18.2 Å². The molecule has 2 nitrogen and oxygen atoms in total. The van der Waals surface area contributed by atoms with Crippen LogP contribution in [0.2, 0.25) is 0 Å². The second kappa shape index (κ2) is 4.17. The van der Waals surface area contributed by atoms with E-state index in [2.05, 4.69) is 43.4 Å². The van der Waals surface area contributed by atoms with Crippen LogP contribution in [0, 0.1) is 30.6 Å². The van der Waals surface area contributed by atoms with Crippen LogP contribution in [0.3, 0.4) is 0 Å². The quantitative estimate of drug-likeness (QED) is 0.833. The van der Waals surface area contributed by atoms with Crippen molar-refractivity contribution in [2.75, 3.05) is 11.9 Å². The van der Waals surface area contributed by atoms with Crippen molar-refractivity contribution in [2.45, 2.75) is 33.1 Å². The summed E-state index contributed by atoms with van der Waals surface area (Å²) in [6, 6.07) is 8.63. The van der Waals surface area contributed by atoms with E-state index < -0.39 is 0 Å². The van der Waals surface area contributed by atoms with Crippen molar-refractivity contribution in [3.8, 4) is 6.07 Å². The highest BCUT2D eigenvalue weighted by atomic mass is 14.9. The number of hydrogen-bond acceptors (Lipinski definition) is 2. The molecule has 0 spiro atoms. The molecule has 0 atom stereocenters. The molecular weight excluding hydrogens is 196 g/mol. The molecule has 16 heavy (non-hydrogen) atoms. The molecule has 1 fully saturated rings. The number of anilines is 1. The zero-order valence-electron chi connectivity index (χ0n) is 10.0. The van der Waals surface area contributed by atoms with Gasteiger partial charge >= 0.3 is 0 Å². The van der Waals surface area contributed by atoms with E-state index in [1.165, 1.54) is 29.7 Å². The van der Waals surface area contributed by atoms with Crippen molar-refractivity contribution in [1.82, 2.24) is 0 Å². The normalized spacial score (nSPS) is 16.6. The van der Waals surface area contributed by atoms with E-state index in [4.69, 9.17) is 5.26 Å². The Morgan fingerprint density at radius 3 is 2.44 bits per heavy atom. The molecule has 1 N–H and O–H groups in total. The predicted octanol–water partition coefficient (Wildman–Crippen LogP) is 3.41. The summed E-state index contributed by atoms with van der Waals surface area (Å²) in [5.74, 6) is 0. The van der Waals surface area contributed by atoms with Gasteiger partial charge in [-0.25, -0.2) is 0 Å². The average Bonchev–Trinajstić information content (AvgIpc) is 2.98. The molecule has 0 bridgehead atoms. The highest BCUT2D eigenvalue weighted by molar-refractivity contribution is 5.56. The Labute approximate surface area is 97.3 Å². The number of benzene rings is 1. The lowest BCUT2D eigenvalue weighted by Crippen LogP contribution is -2.16. The fourth-order valence-corrected chi connectivity index (χ4v) is 2.13. The van der Waals surface area contributed by atoms with Gasteiger partial charge in [-0.05, 0) is 37.8 Å². The topological polar surface area (TPSA) is 35.8 Å². The molecule has 0 aromatic heterocycles.